The number of rotatable bonds is 4. The molecule has 0 spiro atoms. The predicted octanol–water partition coefficient (Wildman–Crippen LogP) is 2.83. The van der Waals surface area contributed by atoms with Gasteiger partial charge in [-0.2, -0.15) is 0 Å². The van der Waals surface area contributed by atoms with Gasteiger partial charge in [0.2, 0.25) is 5.91 Å². The molecule has 6 heteroatoms. The van der Waals surface area contributed by atoms with Crippen LogP contribution in [0.1, 0.15) is 40.7 Å². The number of carbonyl (C=O) groups is 2. The number of carbonyl (C=O) groups excluding carboxylic acids is 2. The van der Waals surface area contributed by atoms with Gasteiger partial charge in [-0.3, -0.25) is 9.59 Å². The molecule has 2 amide bonds. The van der Waals surface area contributed by atoms with Gasteiger partial charge in [-0.1, -0.05) is 30.3 Å². The lowest BCUT2D eigenvalue weighted by molar-refractivity contribution is -0.141. The summed E-state index contributed by atoms with van der Waals surface area (Å²) in [6.07, 6.45) is 3.90. The molecule has 1 aliphatic carbocycles. The van der Waals surface area contributed by atoms with E-state index in [9.17, 15) is 9.59 Å². The van der Waals surface area contributed by atoms with Crippen molar-refractivity contribution in [2.75, 3.05) is 26.2 Å². The van der Waals surface area contributed by atoms with E-state index in [0.29, 0.717) is 31.7 Å². The maximum absolute atomic E-state index is 12.9. The monoisotopic (exact) mass is 404 g/mol. The number of piperazine rings is 1. The summed E-state index contributed by atoms with van der Waals surface area (Å²) in [7, 11) is 0. The zero-order chi connectivity index (χ0) is 21.3. The van der Waals surface area contributed by atoms with E-state index in [4.69, 9.17) is 11.1 Å². The Hall–Kier alpha value is -2.99. The van der Waals surface area contributed by atoms with E-state index in [2.05, 4.69) is 6.07 Å². The van der Waals surface area contributed by atoms with Crippen molar-refractivity contribution in [3.05, 3.63) is 59.2 Å². The second-order valence-electron chi connectivity index (χ2n) is 8.39. The summed E-state index contributed by atoms with van der Waals surface area (Å²) in [4.78, 5) is 29.1. The second-order valence-corrected chi connectivity index (χ2v) is 8.39. The van der Waals surface area contributed by atoms with Gasteiger partial charge in [0, 0.05) is 38.0 Å². The average Bonchev–Trinajstić information content (AvgIpc) is 2.76. The van der Waals surface area contributed by atoms with Crippen LogP contribution in [-0.2, 0) is 4.79 Å². The molecule has 0 unspecified atom stereocenters. The zero-order valence-electron chi connectivity index (χ0n) is 17.4. The normalized spacial score (nSPS) is 17.9. The highest BCUT2D eigenvalue weighted by atomic mass is 16.2. The molecule has 30 heavy (non-hydrogen) atoms. The van der Waals surface area contributed by atoms with Crippen molar-refractivity contribution in [3.63, 3.8) is 0 Å². The summed E-state index contributed by atoms with van der Waals surface area (Å²) in [5, 5.41) is 7.42. The van der Waals surface area contributed by atoms with Gasteiger partial charge in [0.05, 0.1) is 5.54 Å². The minimum Gasteiger partial charge on any atom is -0.338 e. The quantitative estimate of drug-likeness (QED) is 0.768. The first-order chi connectivity index (χ1) is 14.4. The molecule has 2 aliphatic rings. The van der Waals surface area contributed by atoms with E-state index in [0.717, 1.165) is 41.5 Å². The van der Waals surface area contributed by atoms with E-state index in [1.54, 1.807) is 0 Å². The minimum atomic E-state index is -0.669. The Kier molecular flexibility index (Phi) is 5.43. The molecule has 4 rings (SSSR count). The number of nitrogens with one attached hydrogen (secondary N) is 1. The van der Waals surface area contributed by atoms with E-state index < -0.39 is 5.54 Å². The fourth-order valence-electron chi connectivity index (χ4n) is 4.20. The lowest BCUT2D eigenvalue weighted by Gasteiger charge is -2.43. The number of aryl methyl sites for hydroxylation is 1. The summed E-state index contributed by atoms with van der Waals surface area (Å²) >= 11 is 0. The number of hydrogen-bond acceptors (Lipinski definition) is 4. The number of hydrogen-bond donors (Lipinski definition) is 2. The molecular formula is C24H28N4O2. The van der Waals surface area contributed by atoms with Crippen molar-refractivity contribution < 1.29 is 9.59 Å². The van der Waals surface area contributed by atoms with Crippen molar-refractivity contribution >= 4 is 18.0 Å². The van der Waals surface area contributed by atoms with E-state index in [1.165, 1.54) is 6.21 Å². The zero-order valence-corrected chi connectivity index (χ0v) is 17.4. The van der Waals surface area contributed by atoms with Gasteiger partial charge in [-0.25, -0.2) is 0 Å². The first-order valence-corrected chi connectivity index (χ1v) is 10.5. The summed E-state index contributed by atoms with van der Waals surface area (Å²) in [6, 6.07) is 13.6. The highest BCUT2D eigenvalue weighted by Crippen LogP contribution is 2.31. The lowest BCUT2D eigenvalue weighted by Crippen LogP contribution is -2.62. The van der Waals surface area contributed by atoms with Crippen LogP contribution in [0.5, 0.6) is 0 Å². The fourth-order valence-corrected chi connectivity index (χ4v) is 4.20. The molecule has 0 aromatic heterocycles. The van der Waals surface area contributed by atoms with Gasteiger partial charge in [-0.05, 0) is 60.6 Å². The highest BCUT2D eigenvalue weighted by Gasteiger charge is 2.43. The van der Waals surface area contributed by atoms with Crippen molar-refractivity contribution in [2.45, 2.75) is 31.7 Å². The van der Waals surface area contributed by atoms with Crippen LogP contribution >= 0.6 is 0 Å². The number of benzene rings is 2. The van der Waals surface area contributed by atoms with Crippen LogP contribution in [0.25, 0.3) is 11.1 Å². The van der Waals surface area contributed by atoms with E-state index >= 15 is 0 Å². The number of amides is 2. The third kappa shape index (κ3) is 3.75. The van der Waals surface area contributed by atoms with Crippen LogP contribution in [0.15, 0.2) is 42.5 Å². The van der Waals surface area contributed by atoms with Crippen molar-refractivity contribution in [3.8, 4) is 11.1 Å². The van der Waals surface area contributed by atoms with Crippen molar-refractivity contribution in [1.29, 1.82) is 5.41 Å². The third-order valence-corrected chi connectivity index (χ3v) is 6.42. The summed E-state index contributed by atoms with van der Waals surface area (Å²) < 4.78 is 0. The summed E-state index contributed by atoms with van der Waals surface area (Å²) in [5.41, 5.74) is 10.2. The Morgan fingerprint density at radius 1 is 0.967 bits per heavy atom. The topological polar surface area (TPSA) is 90.5 Å². The first kappa shape index (κ1) is 20.3. The van der Waals surface area contributed by atoms with Gasteiger partial charge in [0.1, 0.15) is 0 Å². The number of nitrogens with two attached hydrogens (primary N) is 1. The molecule has 0 bridgehead atoms. The molecule has 1 saturated carbocycles. The Morgan fingerprint density at radius 2 is 1.57 bits per heavy atom. The SMILES string of the molecule is Cc1cc(-c2ccc(C(=O)N3CCN(C(=O)C4(N)CCC4)CC3)cc2)ccc1C=N. The van der Waals surface area contributed by atoms with Gasteiger partial charge in [0.15, 0.2) is 0 Å². The van der Waals surface area contributed by atoms with Gasteiger partial charge in [0.25, 0.3) is 5.91 Å². The van der Waals surface area contributed by atoms with Crippen LogP contribution in [0.2, 0.25) is 0 Å². The standard InChI is InChI=1S/C24H28N4O2/c1-17-15-20(7-8-21(17)16-25)18-3-5-19(6-4-18)22(29)27-11-13-28(14-12-27)23(30)24(26)9-2-10-24/h3-8,15-16,25H,2,9-14,26H2,1H3. The van der Waals surface area contributed by atoms with Gasteiger partial charge in [-0.15, -0.1) is 0 Å². The molecule has 6 nitrogen and oxygen atoms in total. The molecule has 2 aromatic carbocycles. The Morgan fingerprint density at radius 3 is 2.10 bits per heavy atom. The largest absolute Gasteiger partial charge is 0.338 e. The Bertz CT molecular complexity index is 971. The van der Waals surface area contributed by atoms with E-state index in [1.807, 2.05) is 53.1 Å². The van der Waals surface area contributed by atoms with Crippen LogP contribution < -0.4 is 5.73 Å². The molecule has 156 valence electrons. The molecule has 2 aromatic rings. The van der Waals surface area contributed by atoms with E-state index in [-0.39, 0.29) is 11.8 Å². The molecule has 3 N–H and O–H groups in total. The maximum atomic E-state index is 12.9. The molecular weight excluding hydrogens is 376 g/mol. The molecule has 0 atom stereocenters. The minimum absolute atomic E-state index is 0.00455. The molecule has 0 radical (unpaired) electrons. The first-order valence-electron chi connectivity index (χ1n) is 10.5. The summed E-state index contributed by atoms with van der Waals surface area (Å²) in [6.45, 7) is 4.14. The predicted molar refractivity (Wildman–Crippen MR) is 118 cm³/mol. The fraction of sp³-hybridized carbons (Fsp3) is 0.375. The van der Waals surface area contributed by atoms with Crippen LogP contribution in [0, 0.1) is 12.3 Å². The Balaban J connectivity index is 1.39. The van der Waals surface area contributed by atoms with Crippen LogP contribution in [-0.4, -0.2) is 59.5 Å². The van der Waals surface area contributed by atoms with Crippen LogP contribution in [0.3, 0.4) is 0 Å². The molecule has 1 aliphatic heterocycles. The lowest BCUT2D eigenvalue weighted by atomic mass is 9.76. The second kappa shape index (κ2) is 8.03. The third-order valence-electron chi connectivity index (χ3n) is 6.42. The smallest absolute Gasteiger partial charge is 0.253 e. The maximum Gasteiger partial charge on any atom is 0.253 e. The van der Waals surface area contributed by atoms with Crippen LogP contribution in [0.4, 0.5) is 0 Å². The molecule has 2 fully saturated rings. The highest BCUT2D eigenvalue weighted by molar-refractivity contribution is 5.95. The molecule has 1 saturated heterocycles. The van der Waals surface area contributed by atoms with Crippen molar-refractivity contribution in [1.82, 2.24) is 9.80 Å². The van der Waals surface area contributed by atoms with Gasteiger partial charge >= 0.3 is 0 Å². The van der Waals surface area contributed by atoms with Gasteiger partial charge < -0.3 is 20.9 Å². The molecule has 1 heterocycles. The Labute approximate surface area is 177 Å². The number of nitrogens with zero attached hydrogens (tertiary/aromatic N) is 2. The average molecular weight is 405 g/mol. The van der Waals surface area contributed by atoms with Crippen molar-refractivity contribution in [2.24, 2.45) is 5.73 Å². The summed E-state index contributed by atoms with van der Waals surface area (Å²) in [5.74, 6) is 0.0321.